The van der Waals surface area contributed by atoms with Gasteiger partial charge in [0, 0.05) is 5.56 Å². The van der Waals surface area contributed by atoms with Gasteiger partial charge in [-0.1, -0.05) is 34.8 Å². The summed E-state index contributed by atoms with van der Waals surface area (Å²) in [6, 6.07) is 0. The highest BCUT2D eigenvalue weighted by Crippen LogP contribution is 2.47. The molecule has 0 aliphatic carbocycles. The highest BCUT2D eigenvalue weighted by molar-refractivity contribution is 6.46. The molecule has 0 heterocycles. The highest BCUT2D eigenvalue weighted by atomic mass is 35.5. The lowest BCUT2D eigenvalue weighted by Gasteiger charge is -2.15. The summed E-state index contributed by atoms with van der Waals surface area (Å²) in [5, 5.41) is 9.68. The molecule has 0 saturated carbocycles. The number of ether oxygens (including phenoxy) is 2. The standard InChI is InChI=1S/C9H9Cl3O3/c1-14-8-4(3-13)5(10)9(15-2)7(12)6(8)11/h13H,3H2,1-2H3. The third-order valence-corrected chi connectivity index (χ3v) is 3.11. The Morgan fingerprint density at radius 1 is 0.933 bits per heavy atom. The minimum atomic E-state index is -0.310. The lowest BCUT2D eigenvalue weighted by molar-refractivity contribution is 0.273. The number of halogens is 3. The van der Waals surface area contributed by atoms with E-state index in [4.69, 9.17) is 49.4 Å². The predicted molar refractivity (Wildman–Crippen MR) is 60.5 cm³/mol. The summed E-state index contributed by atoms with van der Waals surface area (Å²) >= 11 is 17.8. The lowest BCUT2D eigenvalue weighted by atomic mass is 10.2. The van der Waals surface area contributed by atoms with Crippen LogP contribution in [-0.2, 0) is 6.61 Å². The third kappa shape index (κ3) is 2.11. The van der Waals surface area contributed by atoms with E-state index in [1.54, 1.807) is 0 Å². The van der Waals surface area contributed by atoms with Gasteiger partial charge in [-0.3, -0.25) is 0 Å². The van der Waals surface area contributed by atoms with E-state index in [0.29, 0.717) is 5.56 Å². The second-order valence-electron chi connectivity index (χ2n) is 2.65. The van der Waals surface area contributed by atoms with Crippen molar-refractivity contribution < 1.29 is 14.6 Å². The van der Waals surface area contributed by atoms with Crippen LogP contribution in [0.1, 0.15) is 5.56 Å². The van der Waals surface area contributed by atoms with Crippen molar-refractivity contribution in [3.05, 3.63) is 20.6 Å². The smallest absolute Gasteiger partial charge is 0.158 e. The highest BCUT2D eigenvalue weighted by Gasteiger charge is 2.21. The molecule has 0 aromatic heterocycles. The third-order valence-electron chi connectivity index (χ3n) is 1.90. The molecule has 0 bridgehead atoms. The molecular weight excluding hydrogens is 262 g/mol. The zero-order chi connectivity index (χ0) is 11.6. The van der Waals surface area contributed by atoms with Crippen molar-refractivity contribution in [2.45, 2.75) is 6.61 Å². The molecule has 0 amide bonds. The first-order chi connectivity index (χ1) is 7.08. The molecule has 0 radical (unpaired) electrons. The van der Waals surface area contributed by atoms with Crippen LogP contribution in [0.2, 0.25) is 15.1 Å². The summed E-state index contributed by atoms with van der Waals surface area (Å²) in [5.74, 6) is 0.489. The molecule has 0 aliphatic heterocycles. The van der Waals surface area contributed by atoms with Crippen LogP contribution in [0, 0.1) is 0 Å². The molecule has 3 nitrogen and oxygen atoms in total. The predicted octanol–water partition coefficient (Wildman–Crippen LogP) is 3.16. The fourth-order valence-corrected chi connectivity index (χ4v) is 2.10. The van der Waals surface area contributed by atoms with Crippen LogP contribution in [-0.4, -0.2) is 19.3 Å². The first kappa shape index (κ1) is 12.7. The minimum absolute atomic E-state index is 0.165. The van der Waals surface area contributed by atoms with E-state index in [-0.39, 0.29) is 33.2 Å². The zero-order valence-corrected chi connectivity index (χ0v) is 10.4. The molecule has 1 rings (SSSR count). The Balaban J connectivity index is 3.57. The zero-order valence-electron chi connectivity index (χ0n) is 8.10. The van der Waals surface area contributed by atoms with Crippen molar-refractivity contribution in [2.75, 3.05) is 14.2 Å². The molecule has 0 atom stereocenters. The van der Waals surface area contributed by atoms with Crippen molar-refractivity contribution in [3.8, 4) is 11.5 Å². The number of rotatable bonds is 3. The summed E-state index contributed by atoms with van der Waals surface area (Å²) < 4.78 is 10.00. The molecule has 84 valence electrons. The summed E-state index contributed by atoms with van der Waals surface area (Å²) in [7, 11) is 2.83. The van der Waals surface area contributed by atoms with Gasteiger partial charge in [-0.15, -0.1) is 0 Å². The SMILES string of the molecule is COc1c(Cl)c(Cl)c(OC)c(CO)c1Cl. The maximum Gasteiger partial charge on any atom is 0.158 e. The van der Waals surface area contributed by atoms with Crippen LogP contribution in [0.5, 0.6) is 11.5 Å². The van der Waals surface area contributed by atoms with Crippen LogP contribution in [0.3, 0.4) is 0 Å². The van der Waals surface area contributed by atoms with Crippen molar-refractivity contribution in [2.24, 2.45) is 0 Å². The number of hydrogen-bond acceptors (Lipinski definition) is 3. The number of aliphatic hydroxyl groups excluding tert-OH is 1. The van der Waals surface area contributed by atoms with E-state index in [1.807, 2.05) is 0 Å². The Morgan fingerprint density at radius 2 is 1.40 bits per heavy atom. The van der Waals surface area contributed by atoms with Crippen molar-refractivity contribution >= 4 is 34.8 Å². The van der Waals surface area contributed by atoms with Crippen LogP contribution in [0.25, 0.3) is 0 Å². The van der Waals surface area contributed by atoms with Gasteiger partial charge in [-0.25, -0.2) is 0 Å². The summed E-state index contributed by atoms with van der Waals surface area (Å²) in [6.45, 7) is -0.310. The number of hydrogen-bond donors (Lipinski definition) is 1. The number of benzene rings is 1. The van der Waals surface area contributed by atoms with Crippen LogP contribution >= 0.6 is 34.8 Å². The monoisotopic (exact) mass is 270 g/mol. The topological polar surface area (TPSA) is 38.7 Å². The molecule has 1 aromatic carbocycles. The second kappa shape index (κ2) is 5.12. The van der Waals surface area contributed by atoms with E-state index in [9.17, 15) is 0 Å². The summed E-state index contributed by atoms with van der Waals surface area (Å²) in [5.41, 5.74) is 0.352. The molecule has 1 aromatic rings. The molecule has 0 saturated heterocycles. The van der Waals surface area contributed by atoms with Gasteiger partial charge in [0.2, 0.25) is 0 Å². The summed E-state index contributed by atoms with van der Waals surface area (Å²) in [6.07, 6.45) is 0. The van der Waals surface area contributed by atoms with E-state index < -0.39 is 0 Å². The molecule has 0 fully saturated rings. The van der Waals surface area contributed by atoms with E-state index in [2.05, 4.69) is 0 Å². The largest absolute Gasteiger partial charge is 0.495 e. The van der Waals surface area contributed by atoms with Gasteiger partial charge in [0.05, 0.1) is 25.8 Å². The number of methoxy groups -OCH3 is 2. The first-order valence-electron chi connectivity index (χ1n) is 3.96. The Bertz CT molecular complexity index is 380. The Labute approximate surface area is 102 Å². The fourth-order valence-electron chi connectivity index (χ4n) is 1.20. The molecule has 6 heteroatoms. The Hall–Kier alpha value is -0.350. The average Bonchev–Trinajstić information content (AvgIpc) is 2.23. The van der Waals surface area contributed by atoms with Crippen molar-refractivity contribution in [1.29, 1.82) is 0 Å². The molecule has 0 aliphatic rings. The van der Waals surface area contributed by atoms with E-state index in [0.717, 1.165) is 0 Å². The summed E-state index contributed by atoms with van der Waals surface area (Å²) in [4.78, 5) is 0. The van der Waals surface area contributed by atoms with Gasteiger partial charge in [-0.2, -0.15) is 0 Å². The second-order valence-corrected chi connectivity index (χ2v) is 3.78. The maximum atomic E-state index is 9.14. The lowest BCUT2D eigenvalue weighted by Crippen LogP contribution is -1.98. The van der Waals surface area contributed by atoms with Gasteiger partial charge in [0.25, 0.3) is 0 Å². The number of aliphatic hydroxyl groups is 1. The van der Waals surface area contributed by atoms with Crippen molar-refractivity contribution in [3.63, 3.8) is 0 Å². The van der Waals surface area contributed by atoms with Gasteiger partial charge in [0.15, 0.2) is 5.75 Å². The van der Waals surface area contributed by atoms with Gasteiger partial charge in [-0.05, 0) is 0 Å². The molecule has 0 spiro atoms. The normalized spacial score (nSPS) is 10.3. The molecule has 1 N–H and O–H groups in total. The fraction of sp³-hybridized carbons (Fsp3) is 0.333. The first-order valence-corrected chi connectivity index (χ1v) is 5.10. The van der Waals surface area contributed by atoms with Crippen molar-refractivity contribution in [1.82, 2.24) is 0 Å². The quantitative estimate of drug-likeness (QED) is 0.858. The van der Waals surface area contributed by atoms with Crippen LogP contribution < -0.4 is 9.47 Å². The molecule has 0 unspecified atom stereocenters. The Morgan fingerprint density at radius 3 is 1.80 bits per heavy atom. The van der Waals surface area contributed by atoms with Crippen LogP contribution in [0.4, 0.5) is 0 Å². The average molecular weight is 272 g/mol. The van der Waals surface area contributed by atoms with E-state index in [1.165, 1.54) is 14.2 Å². The molecule has 15 heavy (non-hydrogen) atoms. The molecular formula is C9H9Cl3O3. The van der Waals surface area contributed by atoms with Crippen LogP contribution in [0.15, 0.2) is 0 Å². The maximum absolute atomic E-state index is 9.14. The Kier molecular flexibility index (Phi) is 4.34. The minimum Gasteiger partial charge on any atom is -0.495 e. The van der Waals surface area contributed by atoms with Gasteiger partial charge >= 0.3 is 0 Å². The van der Waals surface area contributed by atoms with E-state index >= 15 is 0 Å². The van der Waals surface area contributed by atoms with Gasteiger partial charge < -0.3 is 14.6 Å². The van der Waals surface area contributed by atoms with Gasteiger partial charge in [0.1, 0.15) is 15.8 Å².